The fraction of sp³-hybridized carbons (Fsp3) is 0.111. The number of aryl methyl sites for hydroxylation is 1. The summed E-state index contributed by atoms with van der Waals surface area (Å²) in [5.74, 6) is 0. The van der Waals surface area contributed by atoms with Gasteiger partial charge in [-0.15, -0.1) is 0 Å². The zero-order valence-corrected chi connectivity index (χ0v) is 17.3. The lowest BCUT2D eigenvalue weighted by molar-refractivity contribution is 0.0747. The van der Waals surface area contributed by atoms with Crippen molar-refractivity contribution < 1.29 is 10.2 Å². The summed E-state index contributed by atoms with van der Waals surface area (Å²) in [4.78, 5) is 0. The minimum Gasteiger partial charge on any atom is -0.376 e. The van der Waals surface area contributed by atoms with Crippen molar-refractivity contribution in [3.8, 4) is 0 Å². The summed E-state index contributed by atoms with van der Waals surface area (Å²) in [6.45, 7) is 1.91. The van der Waals surface area contributed by atoms with Crippen LogP contribution in [0.5, 0.6) is 0 Å². The lowest BCUT2D eigenvalue weighted by atomic mass is 9.63. The van der Waals surface area contributed by atoms with Gasteiger partial charge in [0.25, 0.3) is 0 Å². The van der Waals surface area contributed by atoms with Crippen LogP contribution in [0, 0.1) is 6.92 Å². The van der Waals surface area contributed by atoms with Crippen molar-refractivity contribution in [3.63, 3.8) is 0 Å². The Balaban J connectivity index is 1.95. The molecule has 2 nitrogen and oxygen atoms in total. The van der Waals surface area contributed by atoms with Gasteiger partial charge in [-0.2, -0.15) is 0 Å². The van der Waals surface area contributed by atoms with Gasteiger partial charge in [-0.1, -0.05) is 103 Å². The molecule has 0 heterocycles. The van der Waals surface area contributed by atoms with Crippen LogP contribution in [-0.2, 0) is 11.2 Å². The molecule has 0 amide bonds. The van der Waals surface area contributed by atoms with E-state index in [-0.39, 0.29) is 0 Å². The maximum Gasteiger partial charge on any atom is 0.141 e. The van der Waals surface area contributed by atoms with Gasteiger partial charge in [0.1, 0.15) is 11.2 Å². The highest BCUT2D eigenvalue weighted by Crippen LogP contribution is 2.53. The van der Waals surface area contributed by atoms with E-state index in [1.54, 1.807) is 6.07 Å². The predicted octanol–water partition coefficient (Wildman–Crippen LogP) is 5.53. The Kier molecular flexibility index (Phi) is 4.33. The molecular weight excluding hydrogens is 392 g/mol. The molecule has 2 unspecified atom stereocenters. The lowest BCUT2D eigenvalue weighted by Gasteiger charge is -2.45. The first kappa shape index (κ1) is 19.1. The maximum absolute atomic E-state index is 12.3. The number of aliphatic hydroxyl groups is 2. The van der Waals surface area contributed by atoms with Crippen molar-refractivity contribution in [1.82, 2.24) is 0 Å². The highest BCUT2D eigenvalue weighted by Gasteiger charge is 2.51. The molecule has 0 saturated carbocycles. The van der Waals surface area contributed by atoms with Gasteiger partial charge in [0.2, 0.25) is 0 Å². The summed E-state index contributed by atoms with van der Waals surface area (Å²) in [6.07, 6.45) is 0. The van der Waals surface area contributed by atoms with E-state index in [9.17, 15) is 10.2 Å². The third kappa shape index (κ3) is 2.51. The summed E-state index contributed by atoms with van der Waals surface area (Å²) in [7, 11) is 0. The van der Waals surface area contributed by atoms with Crippen molar-refractivity contribution in [2.45, 2.75) is 18.1 Å². The molecule has 0 aromatic heterocycles. The van der Waals surface area contributed by atoms with Gasteiger partial charge >= 0.3 is 0 Å². The standard InChI is InChI=1S/C27H21ClO2/c1-18-16-23-24(17-25(18)28)27(30,20-12-6-3-7-13-20)22-15-9-8-14-21(22)26(23,29)19-10-4-2-5-11-19/h2-17,29-30H,1H3. The van der Waals surface area contributed by atoms with Crippen LogP contribution < -0.4 is 0 Å². The first-order valence-electron chi connectivity index (χ1n) is 9.94. The van der Waals surface area contributed by atoms with Gasteiger partial charge < -0.3 is 10.2 Å². The van der Waals surface area contributed by atoms with E-state index in [1.807, 2.05) is 97.9 Å². The van der Waals surface area contributed by atoms with Crippen LogP contribution in [-0.4, -0.2) is 10.2 Å². The molecule has 4 aromatic rings. The molecule has 0 radical (unpaired) electrons. The highest BCUT2D eigenvalue weighted by molar-refractivity contribution is 6.31. The first-order chi connectivity index (χ1) is 14.5. The van der Waals surface area contributed by atoms with Crippen molar-refractivity contribution in [2.75, 3.05) is 0 Å². The van der Waals surface area contributed by atoms with E-state index in [1.165, 1.54) is 0 Å². The fourth-order valence-corrected chi connectivity index (χ4v) is 4.83. The monoisotopic (exact) mass is 412 g/mol. The van der Waals surface area contributed by atoms with Crippen molar-refractivity contribution in [2.24, 2.45) is 0 Å². The zero-order chi connectivity index (χ0) is 20.9. The number of hydrogen-bond donors (Lipinski definition) is 2. The molecular formula is C27H21ClO2. The third-order valence-corrected chi connectivity index (χ3v) is 6.58. The van der Waals surface area contributed by atoms with Gasteiger partial charge in [0, 0.05) is 10.6 Å². The van der Waals surface area contributed by atoms with Crippen LogP contribution in [0.2, 0.25) is 5.02 Å². The summed E-state index contributed by atoms with van der Waals surface area (Å²) in [5.41, 5.74) is 2.01. The number of halogens is 1. The molecule has 1 aliphatic carbocycles. The van der Waals surface area contributed by atoms with E-state index in [0.29, 0.717) is 27.3 Å². The van der Waals surface area contributed by atoms with E-state index in [2.05, 4.69) is 0 Å². The Morgan fingerprint density at radius 1 is 0.567 bits per heavy atom. The molecule has 148 valence electrons. The molecule has 0 fully saturated rings. The quantitative estimate of drug-likeness (QED) is 0.454. The second-order valence-electron chi connectivity index (χ2n) is 7.85. The van der Waals surface area contributed by atoms with Gasteiger partial charge in [0.05, 0.1) is 0 Å². The number of rotatable bonds is 2. The van der Waals surface area contributed by atoms with Crippen LogP contribution in [0.25, 0.3) is 0 Å². The van der Waals surface area contributed by atoms with Gasteiger partial charge in [-0.05, 0) is 46.4 Å². The van der Waals surface area contributed by atoms with Crippen LogP contribution >= 0.6 is 11.6 Å². The van der Waals surface area contributed by atoms with E-state index in [4.69, 9.17) is 11.6 Å². The maximum atomic E-state index is 12.3. The van der Waals surface area contributed by atoms with E-state index < -0.39 is 11.2 Å². The lowest BCUT2D eigenvalue weighted by Crippen LogP contribution is -2.44. The van der Waals surface area contributed by atoms with Crippen LogP contribution in [0.4, 0.5) is 0 Å². The topological polar surface area (TPSA) is 40.5 Å². The third-order valence-electron chi connectivity index (χ3n) is 6.17. The smallest absolute Gasteiger partial charge is 0.141 e. The Morgan fingerprint density at radius 3 is 1.43 bits per heavy atom. The van der Waals surface area contributed by atoms with E-state index in [0.717, 1.165) is 16.7 Å². The SMILES string of the molecule is Cc1cc2c(cc1Cl)C(O)(c1ccccc1)c1ccccc1C2(O)c1ccccc1. The number of fused-ring (bicyclic) bond motifs is 2. The fourth-order valence-electron chi connectivity index (χ4n) is 4.67. The Bertz CT molecular complexity index is 1140. The van der Waals surface area contributed by atoms with Crippen molar-refractivity contribution in [1.29, 1.82) is 0 Å². The summed E-state index contributed by atoms with van der Waals surface area (Å²) in [5, 5.41) is 25.1. The average molecular weight is 413 g/mol. The molecule has 0 bridgehead atoms. The Labute approximate surface area is 181 Å². The highest BCUT2D eigenvalue weighted by atomic mass is 35.5. The Morgan fingerprint density at radius 2 is 0.967 bits per heavy atom. The molecule has 0 saturated heterocycles. The normalized spacial score (nSPS) is 22.3. The van der Waals surface area contributed by atoms with Crippen molar-refractivity contribution >= 4 is 11.6 Å². The van der Waals surface area contributed by atoms with Crippen LogP contribution in [0.1, 0.15) is 38.9 Å². The summed E-state index contributed by atoms with van der Waals surface area (Å²) in [6, 6.07) is 30.4. The molecule has 30 heavy (non-hydrogen) atoms. The number of hydrogen-bond acceptors (Lipinski definition) is 2. The second-order valence-corrected chi connectivity index (χ2v) is 8.25. The molecule has 2 N–H and O–H groups in total. The second kappa shape index (κ2) is 6.82. The molecule has 0 aliphatic heterocycles. The average Bonchev–Trinajstić information content (AvgIpc) is 2.80. The van der Waals surface area contributed by atoms with Crippen LogP contribution in [0.3, 0.4) is 0 Å². The van der Waals surface area contributed by atoms with Gasteiger partial charge in [-0.3, -0.25) is 0 Å². The van der Waals surface area contributed by atoms with Crippen LogP contribution in [0.15, 0.2) is 97.1 Å². The molecule has 4 aromatic carbocycles. The number of benzene rings is 4. The molecule has 3 heteroatoms. The van der Waals surface area contributed by atoms with E-state index >= 15 is 0 Å². The molecule has 2 atom stereocenters. The van der Waals surface area contributed by atoms with Crippen molar-refractivity contribution in [3.05, 3.63) is 141 Å². The zero-order valence-electron chi connectivity index (χ0n) is 16.5. The van der Waals surface area contributed by atoms with Gasteiger partial charge in [-0.25, -0.2) is 0 Å². The minimum atomic E-state index is -1.44. The molecule has 0 spiro atoms. The largest absolute Gasteiger partial charge is 0.376 e. The molecule has 5 rings (SSSR count). The van der Waals surface area contributed by atoms with Gasteiger partial charge in [0.15, 0.2) is 0 Å². The predicted molar refractivity (Wildman–Crippen MR) is 120 cm³/mol. The molecule has 1 aliphatic rings. The minimum absolute atomic E-state index is 0.554. The first-order valence-corrected chi connectivity index (χ1v) is 10.3. The summed E-state index contributed by atoms with van der Waals surface area (Å²) < 4.78 is 0. The Hall–Kier alpha value is -2.91. The summed E-state index contributed by atoms with van der Waals surface area (Å²) >= 11 is 6.53.